The number of anilines is 3. The molecule has 8 rings (SSSR count). The number of benzene rings is 4. The van der Waals surface area contributed by atoms with Crippen molar-refractivity contribution < 1.29 is 13.6 Å². The first-order chi connectivity index (χ1) is 16.4. The molecule has 4 nitrogen and oxygen atoms in total. The predicted octanol–water partition coefficient (Wildman–Crippen LogP) is 5.58. The van der Waals surface area contributed by atoms with E-state index in [1.54, 1.807) is 0 Å². The maximum Gasteiger partial charge on any atom is 0.306 e. The fraction of sp³-hybridized carbons (Fsp3) is 0. The van der Waals surface area contributed by atoms with Gasteiger partial charge in [0.05, 0.1) is 5.69 Å². The maximum absolute atomic E-state index is 6.63. The van der Waals surface area contributed by atoms with Crippen molar-refractivity contribution in [3.05, 3.63) is 97.1 Å². The SMILES string of the molecule is c1ccc(N2c3cccc4c3B(c3oc5ccccc5c32)c2c(oc3ccccc23)O4)cc1. The Labute approximate surface area is 189 Å². The van der Waals surface area contributed by atoms with Gasteiger partial charge in [-0.1, -0.05) is 54.6 Å². The van der Waals surface area contributed by atoms with Gasteiger partial charge in [0.25, 0.3) is 5.95 Å². The summed E-state index contributed by atoms with van der Waals surface area (Å²) in [6, 6.07) is 33.0. The molecule has 6 aromatic rings. The number of hydrogen-bond donors (Lipinski definition) is 0. The smallest absolute Gasteiger partial charge is 0.306 e. The summed E-state index contributed by atoms with van der Waals surface area (Å²) in [6.45, 7) is -0.119. The Morgan fingerprint density at radius 2 is 1.33 bits per heavy atom. The van der Waals surface area contributed by atoms with Gasteiger partial charge in [0.15, 0.2) is 0 Å². The molecule has 0 saturated heterocycles. The molecule has 0 unspecified atom stereocenters. The van der Waals surface area contributed by atoms with E-state index in [4.69, 9.17) is 13.6 Å². The zero-order valence-electron chi connectivity index (χ0n) is 17.5. The van der Waals surface area contributed by atoms with Crippen molar-refractivity contribution in [1.82, 2.24) is 0 Å². The molecule has 5 heteroatoms. The summed E-state index contributed by atoms with van der Waals surface area (Å²) in [5.41, 5.74) is 7.99. The molecule has 0 aliphatic carbocycles. The zero-order valence-corrected chi connectivity index (χ0v) is 17.5. The number of nitrogens with zero attached hydrogens (tertiary/aromatic N) is 1. The first-order valence-corrected chi connectivity index (χ1v) is 11.1. The van der Waals surface area contributed by atoms with Crippen molar-refractivity contribution in [1.29, 1.82) is 0 Å². The Bertz CT molecular complexity index is 1720. The number of hydrogen-bond acceptors (Lipinski definition) is 4. The van der Waals surface area contributed by atoms with Gasteiger partial charge < -0.3 is 18.5 Å². The molecule has 0 saturated carbocycles. The van der Waals surface area contributed by atoms with E-state index < -0.39 is 0 Å². The van der Waals surface area contributed by atoms with Crippen LogP contribution in [0.2, 0.25) is 0 Å². The van der Waals surface area contributed by atoms with E-state index >= 15 is 0 Å². The Morgan fingerprint density at radius 3 is 2.18 bits per heavy atom. The fourth-order valence-corrected chi connectivity index (χ4v) is 5.45. The molecule has 0 fully saturated rings. The summed E-state index contributed by atoms with van der Waals surface area (Å²) in [7, 11) is 0. The molecule has 0 radical (unpaired) electrons. The highest BCUT2D eigenvalue weighted by Crippen LogP contribution is 2.44. The van der Waals surface area contributed by atoms with Crippen molar-refractivity contribution in [2.75, 3.05) is 4.90 Å². The lowest BCUT2D eigenvalue weighted by Crippen LogP contribution is -2.58. The van der Waals surface area contributed by atoms with Crippen LogP contribution in [0.15, 0.2) is 106 Å². The van der Waals surface area contributed by atoms with Gasteiger partial charge in [-0.05, 0) is 42.5 Å². The van der Waals surface area contributed by atoms with E-state index in [-0.39, 0.29) is 6.71 Å². The van der Waals surface area contributed by atoms with Crippen LogP contribution >= 0.6 is 0 Å². The molecule has 33 heavy (non-hydrogen) atoms. The van der Waals surface area contributed by atoms with Crippen LogP contribution in [0.25, 0.3) is 21.9 Å². The van der Waals surface area contributed by atoms with Crippen LogP contribution in [0, 0.1) is 0 Å². The van der Waals surface area contributed by atoms with E-state index in [2.05, 4.69) is 53.4 Å². The topological polar surface area (TPSA) is 38.8 Å². The van der Waals surface area contributed by atoms with E-state index in [1.807, 2.05) is 48.5 Å². The average Bonchev–Trinajstić information content (AvgIpc) is 3.43. The van der Waals surface area contributed by atoms with Gasteiger partial charge >= 0.3 is 6.71 Å². The molecule has 4 heterocycles. The van der Waals surface area contributed by atoms with Crippen molar-refractivity contribution in [2.24, 2.45) is 0 Å². The summed E-state index contributed by atoms with van der Waals surface area (Å²) in [5.74, 6) is 1.35. The monoisotopic (exact) mass is 425 g/mol. The minimum atomic E-state index is -0.119. The van der Waals surface area contributed by atoms with E-state index in [0.717, 1.165) is 61.3 Å². The number of rotatable bonds is 1. The molecular formula is C28H16BNO3. The highest BCUT2D eigenvalue weighted by molar-refractivity contribution is 7.00. The van der Waals surface area contributed by atoms with Gasteiger partial charge in [0.1, 0.15) is 22.6 Å². The van der Waals surface area contributed by atoms with Crippen LogP contribution in [0.4, 0.5) is 17.1 Å². The van der Waals surface area contributed by atoms with Crippen LogP contribution in [-0.2, 0) is 0 Å². The van der Waals surface area contributed by atoms with Gasteiger partial charge in [-0.2, -0.15) is 0 Å². The average molecular weight is 425 g/mol. The van der Waals surface area contributed by atoms with Crippen molar-refractivity contribution in [3.8, 4) is 11.7 Å². The molecule has 0 N–H and O–H groups in total. The highest BCUT2D eigenvalue weighted by atomic mass is 16.6. The molecule has 0 amide bonds. The first kappa shape index (κ1) is 17.2. The zero-order chi connectivity index (χ0) is 21.5. The number of ether oxygens (including phenoxy) is 1. The van der Waals surface area contributed by atoms with Crippen molar-refractivity contribution >= 4 is 62.3 Å². The minimum Gasteiger partial charge on any atom is -0.468 e. The Morgan fingerprint density at radius 1 is 0.606 bits per heavy atom. The third-order valence-electron chi connectivity index (χ3n) is 6.76. The van der Waals surface area contributed by atoms with Crippen LogP contribution in [0.3, 0.4) is 0 Å². The van der Waals surface area contributed by atoms with Crippen LogP contribution in [0.1, 0.15) is 0 Å². The second-order valence-corrected chi connectivity index (χ2v) is 8.51. The van der Waals surface area contributed by atoms with Crippen molar-refractivity contribution in [3.63, 3.8) is 0 Å². The standard InChI is InChI=1S/C28H16BNO3/c1-2-9-17(10-3-1)30-20-13-8-16-23-25(20)29(27-26(30)19-12-5-7-15-22(19)31-27)24-18-11-4-6-14-21(18)32-28(24)33-23/h1-16H. The van der Waals surface area contributed by atoms with E-state index in [9.17, 15) is 0 Å². The summed E-state index contributed by atoms with van der Waals surface area (Å²) >= 11 is 0. The predicted molar refractivity (Wildman–Crippen MR) is 132 cm³/mol. The third-order valence-corrected chi connectivity index (χ3v) is 6.76. The maximum atomic E-state index is 6.63. The van der Waals surface area contributed by atoms with E-state index in [1.165, 1.54) is 0 Å². The summed E-state index contributed by atoms with van der Waals surface area (Å²) in [4.78, 5) is 2.30. The van der Waals surface area contributed by atoms with Gasteiger partial charge in [-0.25, -0.2) is 0 Å². The molecule has 2 aliphatic heterocycles. The van der Waals surface area contributed by atoms with E-state index in [0.29, 0.717) is 5.95 Å². The Kier molecular flexibility index (Phi) is 3.19. The Balaban J connectivity index is 1.54. The molecule has 0 bridgehead atoms. The van der Waals surface area contributed by atoms with Gasteiger partial charge in [-0.3, -0.25) is 0 Å². The van der Waals surface area contributed by atoms with Crippen LogP contribution in [0.5, 0.6) is 11.7 Å². The number of furan rings is 2. The normalized spacial score (nSPS) is 13.6. The van der Waals surface area contributed by atoms with Crippen molar-refractivity contribution in [2.45, 2.75) is 0 Å². The summed E-state index contributed by atoms with van der Waals surface area (Å²) in [5, 5.41) is 2.14. The second kappa shape index (κ2) is 6.11. The van der Waals surface area contributed by atoms with Gasteiger partial charge in [0, 0.05) is 33.1 Å². The number of fused-ring (bicyclic) bond motifs is 8. The largest absolute Gasteiger partial charge is 0.468 e. The number of para-hydroxylation sites is 3. The highest BCUT2D eigenvalue weighted by Gasteiger charge is 2.47. The van der Waals surface area contributed by atoms with Crippen LogP contribution < -0.4 is 26.2 Å². The molecular weight excluding hydrogens is 409 g/mol. The molecule has 154 valence electrons. The Hall–Kier alpha value is -4.38. The lowest BCUT2D eigenvalue weighted by Gasteiger charge is -2.36. The summed E-state index contributed by atoms with van der Waals surface area (Å²) in [6.07, 6.45) is 0. The molecule has 2 aromatic heterocycles. The second-order valence-electron chi connectivity index (χ2n) is 8.51. The van der Waals surface area contributed by atoms with Gasteiger partial charge in [-0.15, -0.1) is 0 Å². The molecule has 4 aromatic carbocycles. The molecule has 0 atom stereocenters. The fourth-order valence-electron chi connectivity index (χ4n) is 5.45. The minimum absolute atomic E-state index is 0.119. The molecule has 0 spiro atoms. The lowest BCUT2D eigenvalue weighted by atomic mass is 9.36. The molecule has 2 aliphatic rings. The first-order valence-electron chi connectivity index (χ1n) is 11.1. The lowest BCUT2D eigenvalue weighted by molar-refractivity contribution is 0.364. The summed E-state index contributed by atoms with van der Waals surface area (Å²) < 4.78 is 19.1. The quantitative estimate of drug-likeness (QED) is 0.322. The van der Waals surface area contributed by atoms with Crippen LogP contribution in [-0.4, -0.2) is 6.71 Å². The van der Waals surface area contributed by atoms with Gasteiger partial charge in [0.2, 0.25) is 0 Å². The third kappa shape index (κ3) is 2.16.